The highest BCUT2D eigenvalue weighted by atomic mass is 32.1. The van der Waals surface area contributed by atoms with Crippen molar-refractivity contribution in [2.24, 2.45) is 7.05 Å². The van der Waals surface area contributed by atoms with Gasteiger partial charge < -0.3 is 9.88 Å². The summed E-state index contributed by atoms with van der Waals surface area (Å²) >= 11 is 1.66. The Morgan fingerprint density at radius 1 is 1.23 bits per heavy atom. The van der Waals surface area contributed by atoms with Crippen molar-refractivity contribution < 1.29 is 0 Å². The average Bonchev–Trinajstić information content (AvgIpc) is 3.08. The third-order valence-electron chi connectivity index (χ3n) is 3.09. The minimum Gasteiger partial charge on any atom is -0.350 e. The van der Waals surface area contributed by atoms with Gasteiger partial charge in [0, 0.05) is 31.2 Å². The number of hydrogen-bond acceptors (Lipinski definition) is 5. The molecule has 3 heterocycles. The van der Waals surface area contributed by atoms with Crippen LogP contribution in [-0.2, 0) is 7.05 Å². The largest absolute Gasteiger partial charge is 0.350 e. The molecule has 6 heteroatoms. The first-order chi connectivity index (χ1) is 10.4. The fraction of sp³-hybridized carbons (Fsp3) is 0.312. The van der Waals surface area contributed by atoms with E-state index in [1.54, 1.807) is 17.5 Å². The number of aromatic nitrogens is 4. The number of thiophene rings is 1. The molecule has 5 nitrogen and oxygen atoms in total. The van der Waals surface area contributed by atoms with Crippen molar-refractivity contribution in [3.05, 3.63) is 36.1 Å². The molecule has 3 aromatic heterocycles. The zero-order valence-corrected chi connectivity index (χ0v) is 14.0. The van der Waals surface area contributed by atoms with Crippen molar-refractivity contribution >= 4 is 17.3 Å². The second-order valence-corrected chi connectivity index (χ2v) is 7.12. The highest BCUT2D eigenvalue weighted by Gasteiger charge is 2.17. The molecular formula is C16H19N5S. The minimum absolute atomic E-state index is 0.0859. The van der Waals surface area contributed by atoms with Crippen LogP contribution in [0.5, 0.6) is 0 Å². The molecule has 0 amide bonds. The van der Waals surface area contributed by atoms with Crippen molar-refractivity contribution in [2.45, 2.75) is 26.3 Å². The lowest BCUT2D eigenvalue weighted by molar-refractivity contribution is 0.626. The predicted molar refractivity (Wildman–Crippen MR) is 90.9 cm³/mol. The standard InChI is InChI=1S/C16H19N5S/c1-16(2,3)20-15-18-10-11(14-17-7-8-21(14)4)13(19-15)12-6-5-9-22-12/h5-10H,1-4H3,(H,18,19,20). The number of anilines is 1. The molecule has 3 aromatic rings. The van der Waals surface area contributed by atoms with Crippen LogP contribution in [0.1, 0.15) is 20.8 Å². The Morgan fingerprint density at radius 3 is 2.64 bits per heavy atom. The molecule has 0 atom stereocenters. The first-order valence-corrected chi connectivity index (χ1v) is 7.99. The van der Waals surface area contributed by atoms with Crippen molar-refractivity contribution in [3.8, 4) is 22.0 Å². The van der Waals surface area contributed by atoms with E-state index in [1.807, 2.05) is 30.1 Å². The lowest BCUT2D eigenvalue weighted by atomic mass is 10.1. The van der Waals surface area contributed by atoms with Gasteiger partial charge in [0.05, 0.1) is 16.1 Å². The highest BCUT2D eigenvalue weighted by molar-refractivity contribution is 7.13. The molecule has 0 aliphatic rings. The van der Waals surface area contributed by atoms with E-state index in [-0.39, 0.29) is 5.54 Å². The van der Waals surface area contributed by atoms with Gasteiger partial charge in [0.2, 0.25) is 5.95 Å². The Bertz CT molecular complexity index is 768. The quantitative estimate of drug-likeness (QED) is 0.798. The predicted octanol–water partition coefficient (Wildman–Crippen LogP) is 3.82. The molecule has 114 valence electrons. The van der Waals surface area contributed by atoms with E-state index < -0.39 is 0 Å². The Kier molecular flexibility index (Phi) is 3.70. The van der Waals surface area contributed by atoms with Gasteiger partial charge in [-0.05, 0) is 32.2 Å². The minimum atomic E-state index is -0.0859. The zero-order chi connectivity index (χ0) is 15.7. The van der Waals surface area contributed by atoms with E-state index in [1.165, 1.54) is 0 Å². The molecule has 0 aliphatic heterocycles. The van der Waals surface area contributed by atoms with Crippen molar-refractivity contribution in [3.63, 3.8) is 0 Å². The Balaban J connectivity index is 2.13. The molecule has 0 aliphatic carbocycles. The highest BCUT2D eigenvalue weighted by Crippen LogP contribution is 2.32. The van der Waals surface area contributed by atoms with Crippen molar-refractivity contribution in [1.29, 1.82) is 0 Å². The fourth-order valence-corrected chi connectivity index (χ4v) is 2.90. The van der Waals surface area contributed by atoms with Gasteiger partial charge in [-0.2, -0.15) is 0 Å². The number of rotatable bonds is 3. The van der Waals surface area contributed by atoms with Crippen LogP contribution in [0, 0.1) is 0 Å². The van der Waals surface area contributed by atoms with Gasteiger partial charge in [-0.1, -0.05) is 6.07 Å². The van der Waals surface area contributed by atoms with Gasteiger partial charge in [-0.15, -0.1) is 11.3 Å². The van der Waals surface area contributed by atoms with Gasteiger partial charge in [0.25, 0.3) is 0 Å². The molecule has 0 spiro atoms. The molecule has 3 rings (SSSR count). The average molecular weight is 313 g/mol. The smallest absolute Gasteiger partial charge is 0.223 e. The number of nitrogens with one attached hydrogen (secondary N) is 1. The second kappa shape index (κ2) is 5.53. The lowest BCUT2D eigenvalue weighted by Crippen LogP contribution is -2.27. The van der Waals surface area contributed by atoms with Crippen LogP contribution in [0.4, 0.5) is 5.95 Å². The van der Waals surface area contributed by atoms with Gasteiger partial charge >= 0.3 is 0 Å². The van der Waals surface area contributed by atoms with E-state index in [9.17, 15) is 0 Å². The second-order valence-electron chi connectivity index (χ2n) is 6.17. The molecule has 0 saturated carbocycles. The van der Waals surface area contributed by atoms with Crippen LogP contribution in [0.15, 0.2) is 36.1 Å². The zero-order valence-electron chi connectivity index (χ0n) is 13.2. The van der Waals surface area contributed by atoms with Gasteiger partial charge in [-0.3, -0.25) is 0 Å². The van der Waals surface area contributed by atoms with Crippen LogP contribution in [0.2, 0.25) is 0 Å². The van der Waals surface area contributed by atoms with E-state index >= 15 is 0 Å². The first kappa shape index (κ1) is 14.7. The van der Waals surface area contributed by atoms with Gasteiger partial charge in [0.1, 0.15) is 5.82 Å². The maximum absolute atomic E-state index is 4.73. The summed E-state index contributed by atoms with van der Waals surface area (Å²) < 4.78 is 1.98. The van der Waals surface area contributed by atoms with E-state index in [0.717, 1.165) is 22.0 Å². The van der Waals surface area contributed by atoms with Crippen LogP contribution in [0.3, 0.4) is 0 Å². The van der Waals surface area contributed by atoms with E-state index in [2.05, 4.69) is 47.5 Å². The Labute approximate surface area is 134 Å². The van der Waals surface area contributed by atoms with E-state index in [4.69, 9.17) is 4.98 Å². The number of aryl methyl sites for hydroxylation is 1. The maximum atomic E-state index is 4.73. The molecule has 1 N–H and O–H groups in total. The fourth-order valence-electron chi connectivity index (χ4n) is 2.17. The summed E-state index contributed by atoms with van der Waals surface area (Å²) in [5.74, 6) is 1.50. The number of imidazole rings is 1. The molecule has 0 radical (unpaired) electrons. The summed E-state index contributed by atoms with van der Waals surface area (Å²) in [6.45, 7) is 6.27. The number of hydrogen-bond donors (Lipinski definition) is 1. The lowest BCUT2D eigenvalue weighted by Gasteiger charge is -2.21. The first-order valence-electron chi connectivity index (χ1n) is 7.11. The Morgan fingerprint density at radius 2 is 2.05 bits per heavy atom. The molecular weight excluding hydrogens is 294 g/mol. The summed E-state index contributed by atoms with van der Waals surface area (Å²) in [6, 6.07) is 4.10. The van der Waals surface area contributed by atoms with Crippen LogP contribution < -0.4 is 5.32 Å². The van der Waals surface area contributed by atoms with Gasteiger partial charge in [-0.25, -0.2) is 15.0 Å². The summed E-state index contributed by atoms with van der Waals surface area (Å²) in [7, 11) is 1.97. The summed E-state index contributed by atoms with van der Waals surface area (Å²) in [5, 5.41) is 5.38. The van der Waals surface area contributed by atoms with Gasteiger partial charge in [0.15, 0.2) is 0 Å². The van der Waals surface area contributed by atoms with Crippen LogP contribution in [0.25, 0.3) is 22.0 Å². The van der Waals surface area contributed by atoms with Crippen molar-refractivity contribution in [2.75, 3.05) is 5.32 Å². The SMILES string of the molecule is Cn1ccnc1-c1cnc(NC(C)(C)C)nc1-c1cccs1. The normalized spacial score (nSPS) is 11.6. The molecule has 0 aromatic carbocycles. The summed E-state index contributed by atoms with van der Waals surface area (Å²) in [6.07, 6.45) is 5.56. The van der Waals surface area contributed by atoms with Crippen LogP contribution in [-0.4, -0.2) is 25.1 Å². The van der Waals surface area contributed by atoms with Crippen molar-refractivity contribution in [1.82, 2.24) is 19.5 Å². The maximum Gasteiger partial charge on any atom is 0.223 e. The van der Waals surface area contributed by atoms with Crippen LogP contribution >= 0.6 is 11.3 Å². The van der Waals surface area contributed by atoms with E-state index in [0.29, 0.717) is 5.95 Å². The monoisotopic (exact) mass is 313 g/mol. The molecule has 0 bridgehead atoms. The molecule has 22 heavy (non-hydrogen) atoms. The third kappa shape index (κ3) is 3.01. The topological polar surface area (TPSA) is 55.6 Å². The molecule has 0 saturated heterocycles. The molecule has 0 fully saturated rings. The third-order valence-corrected chi connectivity index (χ3v) is 3.97. The summed E-state index contributed by atoms with van der Waals surface area (Å²) in [5.41, 5.74) is 1.76. The Hall–Kier alpha value is -2.21. The number of nitrogens with zero attached hydrogens (tertiary/aromatic N) is 4. The molecule has 0 unspecified atom stereocenters. The summed E-state index contributed by atoms with van der Waals surface area (Å²) in [4.78, 5) is 14.7.